The third-order valence-electron chi connectivity index (χ3n) is 8.33. The first-order valence-electron chi connectivity index (χ1n) is 12.9. The number of sulfonamides is 1. The molecular formula is C32H43N2O2RhS. The van der Waals surface area contributed by atoms with Gasteiger partial charge in [0.1, 0.15) is 10.0 Å². The molecule has 0 amide bonds. The number of aryl methyl sites for hydroxylation is 1. The number of rotatable bonds is 6. The predicted octanol–water partition coefficient (Wildman–Crippen LogP) is 9.22. The second kappa shape index (κ2) is 15.1. The summed E-state index contributed by atoms with van der Waals surface area (Å²) in [6, 6.07) is 23.3. The number of nitrogens with zero attached hydrogens (tertiary/aromatic N) is 1. The molecule has 3 aromatic carbocycles. The van der Waals surface area contributed by atoms with Crippen molar-refractivity contribution in [1.82, 2.24) is 0 Å². The Bertz CT molecular complexity index is 1140. The van der Waals surface area contributed by atoms with E-state index in [9.17, 15) is 8.42 Å². The minimum atomic E-state index is -3.87. The van der Waals surface area contributed by atoms with E-state index in [1.165, 1.54) is 0 Å². The van der Waals surface area contributed by atoms with Gasteiger partial charge in [0.2, 0.25) is 0 Å². The SMILES string of the molecule is CC1C(C)C(C)C(C)C1C.Cc1ccc(S(=O)(=O)[N-][C@H](c2ccccc2)[C@H]([NH-])c2ccccc2)cc1.[CH3-].[Rh+3]. The van der Waals surface area contributed by atoms with Crippen molar-refractivity contribution in [3.8, 4) is 0 Å². The molecular weight excluding hydrogens is 579 g/mol. The molecule has 0 bridgehead atoms. The van der Waals surface area contributed by atoms with Crippen LogP contribution in [0.4, 0.5) is 0 Å². The molecule has 0 radical (unpaired) electrons. The molecule has 1 fully saturated rings. The maximum Gasteiger partial charge on any atom is 3.00 e. The summed E-state index contributed by atoms with van der Waals surface area (Å²) in [5.41, 5.74) is 11.0. The van der Waals surface area contributed by atoms with Crippen LogP contribution in [0.15, 0.2) is 89.8 Å². The maximum atomic E-state index is 12.8. The van der Waals surface area contributed by atoms with Crippen LogP contribution in [-0.2, 0) is 29.5 Å². The Hall–Kier alpha value is -1.85. The fourth-order valence-electron chi connectivity index (χ4n) is 5.12. The summed E-state index contributed by atoms with van der Waals surface area (Å²) < 4.78 is 29.8. The Morgan fingerprint density at radius 2 is 1.03 bits per heavy atom. The maximum absolute atomic E-state index is 12.8. The van der Waals surface area contributed by atoms with E-state index in [0.29, 0.717) is 5.56 Å². The van der Waals surface area contributed by atoms with Gasteiger partial charge in [0.05, 0.1) is 0 Å². The van der Waals surface area contributed by atoms with Crippen molar-refractivity contribution in [3.63, 3.8) is 0 Å². The molecule has 0 heterocycles. The van der Waals surface area contributed by atoms with Crippen molar-refractivity contribution in [2.45, 2.75) is 58.5 Å². The second-order valence-electron chi connectivity index (χ2n) is 10.4. The van der Waals surface area contributed by atoms with E-state index in [1.54, 1.807) is 24.3 Å². The van der Waals surface area contributed by atoms with Gasteiger partial charge in [-0.1, -0.05) is 124 Å². The summed E-state index contributed by atoms with van der Waals surface area (Å²) in [5.74, 6) is 4.68. The first kappa shape index (κ1) is 34.2. The topological polar surface area (TPSA) is 72.0 Å². The van der Waals surface area contributed by atoms with Crippen LogP contribution in [0, 0.1) is 43.9 Å². The van der Waals surface area contributed by atoms with Gasteiger partial charge in [0.25, 0.3) is 0 Å². The van der Waals surface area contributed by atoms with Gasteiger partial charge in [-0.2, -0.15) is 0 Å². The van der Waals surface area contributed by atoms with Gasteiger partial charge >= 0.3 is 19.5 Å². The Labute approximate surface area is 244 Å². The zero-order valence-electron chi connectivity index (χ0n) is 23.6. The van der Waals surface area contributed by atoms with E-state index in [0.717, 1.165) is 40.7 Å². The smallest absolute Gasteiger partial charge is 0.672 e. The van der Waals surface area contributed by atoms with Gasteiger partial charge < -0.3 is 17.9 Å². The molecule has 1 aliphatic rings. The van der Waals surface area contributed by atoms with Crippen LogP contribution >= 0.6 is 0 Å². The van der Waals surface area contributed by atoms with Crippen LogP contribution in [0.25, 0.3) is 10.5 Å². The quantitative estimate of drug-likeness (QED) is 0.203. The third-order valence-corrected chi connectivity index (χ3v) is 9.71. The largest absolute Gasteiger partial charge is 3.00 e. The van der Waals surface area contributed by atoms with Crippen molar-refractivity contribution in [1.29, 1.82) is 0 Å². The predicted molar refractivity (Wildman–Crippen MR) is 157 cm³/mol. The molecule has 38 heavy (non-hydrogen) atoms. The molecule has 1 aliphatic carbocycles. The molecule has 0 spiro atoms. The van der Waals surface area contributed by atoms with E-state index in [4.69, 9.17) is 5.73 Å². The van der Waals surface area contributed by atoms with Gasteiger partial charge in [-0.3, -0.25) is 0 Å². The normalized spacial score (nSPS) is 24.1. The molecule has 4 nitrogen and oxygen atoms in total. The first-order chi connectivity index (χ1) is 17.0. The van der Waals surface area contributed by atoms with Crippen molar-refractivity contribution in [2.75, 3.05) is 0 Å². The van der Waals surface area contributed by atoms with Crippen molar-refractivity contribution < 1.29 is 27.9 Å². The van der Waals surface area contributed by atoms with Crippen LogP contribution in [0.1, 0.15) is 63.4 Å². The third kappa shape index (κ3) is 8.32. The Balaban J connectivity index is 0.000000511. The molecule has 208 valence electrons. The molecule has 1 N–H and O–H groups in total. The van der Waals surface area contributed by atoms with Crippen LogP contribution in [-0.4, -0.2) is 8.42 Å². The molecule has 4 rings (SSSR count). The molecule has 0 aliphatic heterocycles. The fraction of sp³-hybridized carbons (Fsp3) is 0.406. The molecule has 6 heteroatoms. The average Bonchev–Trinajstić information content (AvgIpc) is 3.06. The molecule has 1 saturated carbocycles. The summed E-state index contributed by atoms with van der Waals surface area (Å²) in [7, 11) is -3.87. The average molecular weight is 623 g/mol. The first-order valence-corrected chi connectivity index (χ1v) is 14.3. The van der Waals surface area contributed by atoms with E-state index in [2.05, 4.69) is 39.3 Å². The van der Waals surface area contributed by atoms with Gasteiger partial charge in [-0.05, 0) is 48.6 Å². The zero-order chi connectivity index (χ0) is 26.5. The summed E-state index contributed by atoms with van der Waals surface area (Å²) in [4.78, 5) is 0.143. The van der Waals surface area contributed by atoms with Gasteiger partial charge in [-0.25, -0.2) is 8.42 Å². The molecule has 0 saturated heterocycles. The van der Waals surface area contributed by atoms with Crippen molar-refractivity contribution in [2.24, 2.45) is 29.6 Å². The summed E-state index contributed by atoms with van der Waals surface area (Å²) in [6.45, 7) is 13.9. The van der Waals surface area contributed by atoms with E-state index >= 15 is 0 Å². The molecule has 0 unspecified atom stereocenters. The fourth-order valence-corrected chi connectivity index (χ4v) is 6.27. The Morgan fingerprint density at radius 1 is 0.658 bits per heavy atom. The molecule has 2 atom stereocenters. The summed E-state index contributed by atoms with van der Waals surface area (Å²) in [6.07, 6.45) is 0. The van der Waals surface area contributed by atoms with Gasteiger partial charge in [0, 0.05) is 4.90 Å². The van der Waals surface area contributed by atoms with Crippen LogP contribution in [0.5, 0.6) is 0 Å². The van der Waals surface area contributed by atoms with Crippen LogP contribution < -0.4 is 0 Å². The summed E-state index contributed by atoms with van der Waals surface area (Å²) in [5, 5.41) is 0. The van der Waals surface area contributed by atoms with Crippen molar-refractivity contribution >= 4 is 10.0 Å². The monoisotopic (exact) mass is 622 g/mol. The Kier molecular flexibility index (Phi) is 13.6. The van der Waals surface area contributed by atoms with E-state index in [-0.39, 0.29) is 31.8 Å². The number of nitrogens with one attached hydrogen (secondary N) is 1. The standard InChI is InChI=1S/C21H20N2O2S.C10H20.CH3.Rh/c1-16-12-14-19(15-13-16)26(24,25)23-21(18-10-6-3-7-11-18)20(22)17-8-4-2-5-9-17;1-6-7(2)9(4)10(5)8(6)3;;/h2-15,20-22H,1H3;6-10H,1-5H3;1H3;/q-2;;-1;+3/t20-,21-;;;/m1.../s1. The van der Waals surface area contributed by atoms with Gasteiger partial charge in [-0.15, -0.1) is 12.1 Å². The Morgan fingerprint density at radius 3 is 1.42 bits per heavy atom. The van der Waals surface area contributed by atoms with E-state index < -0.39 is 22.1 Å². The van der Waals surface area contributed by atoms with Crippen LogP contribution in [0.2, 0.25) is 0 Å². The summed E-state index contributed by atoms with van der Waals surface area (Å²) >= 11 is 0. The molecule has 3 aromatic rings. The minimum absolute atomic E-state index is 0. The van der Waals surface area contributed by atoms with Gasteiger partial charge in [0.15, 0.2) is 0 Å². The number of benzene rings is 3. The van der Waals surface area contributed by atoms with Crippen molar-refractivity contribution in [3.05, 3.63) is 120 Å². The number of hydrogen-bond acceptors (Lipinski definition) is 2. The second-order valence-corrected chi connectivity index (χ2v) is 12.1. The van der Waals surface area contributed by atoms with Crippen LogP contribution in [0.3, 0.4) is 0 Å². The minimum Gasteiger partial charge on any atom is -0.672 e. The molecule has 0 aromatic heterocycles. The zero-order valence-corrected chi connectivity index (χ0v) is 26.1. The van der Waals surface area contributed by atoms with E-state index in [1.807, 2.05) is 67.6 Å². The number of hydrogen-bond donors (Lipinski definition) is 0.